The highest BCUT2D eigenvalue weighted by Crippen LogP contribution is 2.18. The molecule has 2 heterocycles. The number of sulfonamides is 1. The fraction of sp³-hybridized carbons (Fsp3) is 0.643. The quantitative estimate of drug-likeness (QED) is 0.722. The Morgan fingerprint density at radius 1 is 1.25 bits per heavy atom. The fourth-order valence-corrected chi connectivity index (χ4v) is 3.41. The van der Waals surface area contributed by atoms with Gasteiger partial charge in [0.2, 0.25) is 16.0 Å². The first-order chi connectivity index (χ1) is 10.8. The Bertz CT molecular complexity index is 905. The zero-order valence-corrected chi connectivity index (χ0v) is 15.6. The molecule has 0 spiro atoms. The molecule has 0 saturated heterocycles. The van der Waals surface area contributed by atoms with Crippen molar-refractivity contribution in [3.05, 3.63) is 16.6 Å². The predicted octanol–water partition coefficient (Wildman–Crippen LogP) is 0.614. The minimum atomic E-state index is -3.34. The Balaban J connectivity index is 2.32. The maximum atomic E-state index is 12.2. The third-order valence-electron chi connectivity index (χ3n) is 3.23. The summed E-state index contributed by atoms with van der Waals surface area (Å²) in [5.74, 6) is 0.266. The molecule has 0 saturated carbocycles. The maximum Gasteiger partial charge on any atom is 0.263 e. The summed E-state index contributed by atoms with van der Waals surface area (Å²) in [4.78, 5) is 19.3. The minimum absolute atomic E-state index is 0.248. The number of H-pyrrole nitrogens is 1. The van der Waals surface area contributed by atoms with E-state index in [0.29, 0.717) is 11.0 Å². The van der Waals surface area contributed by atoms with Crippen molar-refractivity contribution in [3.8, 4) is 0 Å². The molecule has 0 aromatic carbocycles. The van der Waals surface area contributed by atoms with Gasteiger partial charge >= 0.3 is 0 Å². The minimum Gasteiger partial charge on any atom is -0.354 e. The molecule has 0 aliphatic carbocycles. The zero-order chi connectivity index (χ0) is 18.3. The molecule has 2 aromatic heterocycles. The Morgan fingerprint density at radius 3 is 2.42 bits per heavy atom. The number of hydrogen-bond donors (Lipinski definition) is 3. The SMILES string of the molecule is CC(C)(CNc1nc2c(cnn2C(C)(C)C)c(=O)[nH]1)NS(C)(=O)=O. The molecule has 134 valence electrons. The van der Waals surface area contributed by atoms with Crippen molar-refractivity contribution in [2.75, 3.05) is 18.1 Å². The van der Waals surface area contributed by atoms with E-state index in [1.54, 1.807) is 18.5 Å². The second-order valence-corrected chi connectivity index (χ2v) is 9.24. The van der Waals surface area contributed by atoms with Crippen LogP contribution in [0, 0.1) is 0 Å². The van der Waals surface area contributed by atoms with Crippen LogP contribution in [-0.4, -0.2) is 46.5 Å². The molecule has 0 amide bonds. The van der Waals surface area contributed by atoms with Gasteiger partial charge in [-0.05, 0) is 34.6 Å². The van der Waals surface area contributed by atoms with Crippen LogP contribution in [0.2, 0.25) is 0 Å². The summed E-state index contributed by atoms with van der Waals surface area (Å²) in [7, 11) is -3.34. The highest BCUT2D eigenvalue weighted by Gasteiger charge is 2.23. The van der Waals surface area contributed by atoms with E-state index in [1.807, 2.05) is 20.8 Å². The van der Waals surface area contributed by atoms with Crippen molar-refractivity contribution in [3.63, 3.8) is 0 Å². The van der Waals surface area contributed by atoms with E-state index >= 15 is 0 Å². The normalized spacial score (nSPS) is 13.4. The van der Waals surface area contributed by atoms with Gasteiger partial charge in [0.25, 0.3) is 5.56 Å². The van der Waals surface area contributed by atoms with Crippen molar-refractivity contribution >= 4 is 27.0 Å². The van der Waals surface area contributed by atoms with Gasteiger partial charge in [-0.25, -0.2) is 17.8 Å². The van der Waals surface area contributed by atoms with Crippen LogP contribution in [0.5, 0.6) is 0 Å². The van der Waals surface area contributed by atoms with Crippen LogP contribution >= 0.6 is 0 Å². The van der Waals surface area contributed by atoms with Gasteiger partial charge in [0.1, 0.15) is 5.39 Å². The van der Waals surface area contributed by atoms with Crippen LogP contribution in [0.15, 0.2) is 11.0 Å². The van der Waals surface area contributed by atoms with Crippen LogP contribution in [0.25, 0.3) is 11.0 Å². The summed E-state index contributed by atoms with van der Waals surface area (Å²) in [5, 5.41) is 7.62. The van der Waals surface area contributed by atoms with E-state index in [-0.39, 0.29) is 23.6 Å². The lowest BCUT2D eigenvalue weighted by Crippen LogP contribution is -2.48. The van der Waals surface area contributed by atoms with Crippen LogP contribution in [0.3, 0.4) is 0 Å². The lowest BCUT2D eigenvalue weighted by molar-refractivity contribution is 0.366. The third-order valence-corrected chi connectivity index (χ3v) is 4.16. The van der Waals surface area contributed by atoms with Gasteiger partial charge in [-0.3, -0.25) is 9.78 Å². The van der Waals surface area contributed by atoms with Crippen molar-refractivity contribution in [1.29, 1.82) is 0 Å². The Morgan fingerprint density at radius 2 is 1.88 bits per heavy atom. The number of aromatic amines is 1. The number of hydrogen-bond acceptors (Lipinski definition) is 6. The number of aromatic nitrogens is 4. The molecule has 24 heavy (non-hydrogen) atoms. The number of nitrogens with zero attached hydrogens (tertiary/aromatic N) is 3. The first kappa shape index (κ1) is 18.4. The molecule has 0 radical (unpaired) electrons. The van der Waals surface area contributed by atoms with Gasteiger partial charge in [-0.15, -0.1) is 0 Å². The number of fused-ring (bicyclic) bond motifs is 1. The molecule has 0 unspecified atom stereocenters. The molecule has 2 rings (SSSR count). The molecular formula is C14H24N6O3S. The van der Waals surface area contributed by atoms with E-state index < -0.39 is 15.6 Å². The highest BCUT2D eigenvalue weighted by atomic mass is 32.2. The van der Waals surface area contributed by atoms with Crippen LogP contribution < -0.4 is 15.6 Å². The molecular weight excluding hydrogens is 332 g/mol. The van der Waals surface area contributed by atoms with E-state index in [4.69, 9.17) is 0 Å². The Hall–Kier alpha value is -1.94. The van der Waals surface area contributed by atoms with Gasteiger partial charge < -0.3 is 5.32 Å². The number of nitrogens with one attached hydrogen (secondary N) is 3. The van der Waals surface area contributed by atoms with E-state index in [9.17, 15) is 13.2 Å². The molecule has 0 bridgehead atoms. The second-order valence-electron chi connectivity index (χ2n) is 7.49. The summed E-state index contributed by atoms with van der Waals surface area (Å²) >= 11 is 0. The smallest absolute Gasteiger partial charge is 0.263 e. The van der Waals surface area contributed by atoms with E-state index in [1.165, 1.54) is 6.20 Å². The lowest BCUT2D eigenvalue weighted by atomic mass is 10.1. The van der Waals surface area contributed by atoms with E-state index in [2.05, 4.69) is 25.1 Å². The number of anilines is 1. The number of rotatable bonds is 5. The molecule has 0 fully saturated rings. The summed E-state index contributed by atoms with van der Waals surface area (Å²) in [6.45, 7) is 9.62. The Kier molecular flexibility index (Phi) is 4.49. The summed E-state index contributed by atoms with van der Waals surface area (Å²) in [6, 6.07) is 0. The van der Waals surface area contributed by atoms with Gasteiger partial charge in [0.15, 0.2) is 5.65 Å². The summed E-state index contributed by atoms with van der Waals surface area (Å²) < 4.78 is 27.0. The monoisotopic (exact) mass is 356 g/mol. The molecule has 0 aliphatic heterocycles. The average Bonchev–Trinajstić information content (AvgIpc) is 2.77. The largest absolute Gasteiger partial charge is 0.354 e. The highest BCUT2D eigenvalue weighted by molar-refractivity contribution is 7.88. The molecule has 3 N–H and O–H groups in total. The zero-order valence-electron chi connectivity index (χ0n) is 14.8. The maximum absolute atomic E-state index is 12.2. The topological polar surface area (TPSA) is 122 Å². The third kappa shape index (κ3) is 4.32. The van der Waals surface area contributed by atoms with Gasteiger partial charge in [0, 0.05) is 12.1 Å². The second kappa shape index (κ2) is 5.85. The van der Waals surface area contributed by atoms with Crippen LogP contribution in [-0.2, 0) is 15.6 Å². The molecule has 2 aromatic rings. The predicted molar refractivity (Wildman–Crippen MR) is 93.7 cm³/mol. The molecule has 9 nitrogen and oxygen atoms in total. The summed E-state index contributed by atoms with van der Waals surface area (Å²) in [6.07, 6.45) is 2.59. The fourth-order valence-electron chi connectivity index (χ4n) is 2.34. The summed E-state index contributed by atoms with van der Waals surface area (Å²) in [5.41, 5.74) is -0.892. The first-order valence-electron chi connectivity index (χ1n) is 7.50. The van der Waals surface area contributed by atoms with Crippen LogP contribution in [0.4, 0.5) is 5.95 Å². The van der Waals surface area contributed by atoms with Crippen LogP contribution in [0.1, 0.15) is 34.6 Å². The molecule has 10 heteroatoms. The molecule has 0 atom stereocenters. The first-order valence-corrected chi connectivity index (χ1v) is 9.39. The van der Waals surface area contributed by atoms with Crippen molar-refractivity contribution in [1.82, 2.24) is 24.5 Å². The molecule has 0 aliphatic rings. The Labute approximate surface area is 140 Å². The van der Waals surface area contributed by atoms with Crippen molar-refractivity contribution in [2.24, 2.45) is 0 Å². The van der Waals surface area contributed by atoms with Gasteiger partial charge in [0.05, 0.1) is 18.0 Å². The van der Waals surface area contributed by atoms with Crippen molar-refractivity contribution < 1.29 is 8.42 Å². The standard InChI is InChI=1S/C14H24N6O3S/c1-13(2,3)20-10-9(7-16-20)11(21)18-12(17-10)15-8-14(4,5)19-24(6,22)23/h7,19H,8H2,1-6H3,(H2,15,17,18,21). The van der Waals surface area contributed by atoms with Gasteiger partial charge in [-0.1, -0.05) is 0 Å². The van der Waals surface area contributed by atoms with Gasteiger partial charge in [-0.2, -0.15) is 10.1 Å². The lowest BCUT2D eigenvalue weighted by Gasteiger charge is -2.25. The van der Waals surface area contributed by atoms with E-state index in [0.717, 1.165) is 6.26 Å². The van der Waals surface area contributed by atoms with Crippen molar-refractivity contribution in [2.45, 2.75) is 45.7 Å². The average molecular weight is 356 g/mol.